The second-order valence-electron chi connectivity index (χ2n) is 7.98. The van der Waals surface area contributed by atoms with Crippen molar-refractivity contribution in [1.29, 1.82) is 0 Å². The zero-order valence-electron chi connectivity index (χ0n) is 16.3. The standard InChI is InChI=1S/C20H30N2O5/c1-19(2,3)27-18(25)22-16(15-7-5-4-6-8-15)17(24)21-13-20(14-23)9-11-26-12-10-20/h4-8,16,23H,9-14H2,1-3H3,(H,21,24)(H,22,25). The minimum absolute atomic E-state index is 0.0217. The summed E-state index contributed by atoms with van der Waals surface area (Å²) in [5.41, 5.74) is -0.391. The molecule has 1 fully saturated rings. The van der Waals surface area contributed by atoms with Gasteiger partial charge in [-0.15, -0.1) is 0 Å². The Morgan fingerprint density at radius 3 is 2.41 bits per heavy atom. The van der Waals surface area contributed by atoms with Gasteiger partial charge in [-0.1, -0.05) is 30.3 Å². The minimum atomic E-state index is -0.878. The molecule has 1 aliphatic rings. The number of rotatable bonds is 6. The van der Waals surface area contributed by atoms with Gasteiger partial charge in [0.15, 0.2) is 0 Å². The van der Waals surface area contributed by atoms with Gasteiger partial charge in [0.05, 0.1) is 6.61 Å². The number of hydrogen-bond donors (Lipinski definition) is 3. The Balaban J connectivity index is 2.08. The van der Waals surface area contributed by atoms with Crippen molar-refractivity contribution in [2.75, 3.05) is 26.4 Å². The molecule has 7 nitrogen and oxygen atoms in total. The Kier molecular flexibility index (Phi) is 7.21. The Labute approximate surface area is 160 Å². The maximum Gasteiger partial charge on any atom is 0.408 e. The van der Waals surface area contributed by atoms with Crippen molar-refractivity contribution < 1.29 is 24.2 Å². The first-order valence-corrected chi connectivity index (χ1v) is 9.25. The Morgan fingerprint density at radius 1 is 1.22 bits per heavy atom. The summed E-state index contributed by atoms with van der Waals surface area (Å²) in [4.78, 5) is 25.1. The van der Waals surface area contributed by atoms with E-state index in [2.05, 4.69) is 10.6 Å². The highest BCUT2D eigenvalue weighted by atomic mass is 16.6. The van der Waals surface area contributed by atoms with E-state index in [1.165, 1.54) is 0 Å². The van der Waals surface area contributed by atoms with E-state index in [0.717, 1.165) is 0 Å². The number of alkyl carbamates (subject to hydrolysis) is 1. The minimum Gasteiger partial charge on any atom is -0.444 e. The normalized spacial score (nSPS) is 17.6. The monoisotopic (exact) mass is 378 g/mol. The highest BCUT2D eigenvalue weighted by Crippen LogP contribution is 2.29. The average Bonchev–Trinajstić information content (AvgIpc) is 2.64. The van der Waals surface area contributed by atoms with Crippen molar-refractivity contribution in [1.82, 2.24) is 10.6 Å². The fourth-order valence-electron chi connectivity index (χ4n) is 2.94. The number of nitrogens with one attached hydrogen (secondary N) is 2. The molecule has 3 N–H and O–H groups in total. The van der Waals surface area contributed by atoms with Crippen LogP contribution < -0.4 is 10.6 Å². The van der Waals surface area contributed by atoms with Crippen LogP contribution in [-0.2, 0) is 14.3 Å². The van der Waals surface area contributed by atoms with Crippen LogP contribution in [0, 0.1) is 5.41 Å². The van der Waals surface area contributed by atoms with Gasteiger partial charge < -0.3 is 25.2 Å². The van der Waals surface area contributed by atoms with E-state index < -0.39 is 17.7 Å². The van der Waals surface area contributed by atoms with Gasteiger partial charge in [0.1, 0.15) is 11.6 Å². The molecule has 1 heterocycles. The van der Waals surface area contributed by atoms with Gasteiger partial charge in [-0.05, 0) is 39.2 Å². The van der Waals surface area contributed by atoms with Crippen LogP contribution in [0.25, 0.3) is 0 Å². The summed E-state index contributed by atoms with van der Waals surface area (Å²) in [6, 6.07) is 8.13. The predicted octanol–water partition coefficient (Wildman–Crippen LogP) is 2.16. The van der Waals surface area contributed by atoms with Gasteiger partial charge >= 0.3 is 6.09 Å². The first-order chi connectivity index (χ1) is 12.7. The molecule has 0 spiro atoms. The molecule has 0 aliphatic carbocycles. The van der Waals surface area contributed by atoms with E-state index in [1.807, 2.05) is 6.07 Å². The fourth-order valence-corrected chi connectivity index (χ4v) is 2.94. The molecule has 27 heavy (non-hydrogen) atoms. The smallest absolute Gasteiger partial charge is 0.408 e. The Hall–Kier alpha value is -2.12. The maximum atomic E-state index is 12.9. The molecule has 0 radical (unpaired) electrons. The fraction of sp³-hybridized carbons (Fsp3) is 0.600. The molecule has 0 bridgehead atoms. The number of aliphatic hydroxyl groups excluding tert-OH is 1. The summed E-state index contributed by atoms with van der Waals surface area (Å²) in [7, 11) is 0. The summed E-state index contributed by atoms with van der Waals surface area (Å²) >= 11 is 0. The lowest BCUT2D eigenvalue weighted by Gasteiger charge is -2.36. The van der Waals surface area contributed by atoms with Gasteiger partial charge in [0, 0.05) is 25.2 Å². The average molecular weight is 378 g/mol. The van der Waals surface area contributed by atoms with E-state index >= 15 is 0 Å². The molecule has 0 aromatic heterocycles. The lowest BCUT2D eigenvalue weighted by atomic mass is 9.81. The van der Waals surface area contributed by atoms with Crippen molar-refractivity contribution in [3.63, 3.8) is 0 Å². The number of aliphatic hydroxyl groups is 1. The van der Waals surface area contributed by atoms with Gasteiger partial charge in [0.25, 0.3) is 0 Å². The van der Waals surface area contributed by atoms with Crippen LogP contribution in [0.3, 0.4) is 0 Å². The molecule has 2 amide bonds. The van der Waals surface area contributed by atoms with E-state index in [0.29, 0.717) is 38.2 Å². The molecule has 7 heteroatoms. The Morgan fingerprint density at radius 2 is 1.85 bits per heavy atom. The highest BCUT2D eigenvalue weighted by Gasteiger charge is 2.34. The van der Waals surface area contributed by atoms with Crippen LogP contribution >= 0.6 is 0 Å². The summed E-state index contributed by atoms with van der Waals surface area (Å²) in [6.45, 7) is 6.72. The first-order valence-electron chi connectivity index (χ1n) is 9.25. The third-order valence-electron chi connectivity index (χ3n) is 4.58. The molecule has 1 saturated heterocycles. The second-order valence-corrected chi connectivity index (χ2v) is 7.98. The van der Waals surface area contributed by atoms with Gasteiger partial charge in [0.2, 0.25) is 5.91 Å². The SMILES string of the molecule is CC(C)(C)OC(=O)NC(C(=O)NCC1(CO)CCOCC1)c1ccccc1. The highest BCUT2D eigenvalue weighted by molar-refractivity contribution is 5.87. The van der Waals surface area contributed by atoms with E-state index in [1.54, 1.807) is 45.0 Å². The maximum absolute atomic E-state index is 12.9. The lowest BCUT2D eigenvalue weighted by molar-refractivity contribution is -0.124. The number of ether oxygens (including phenoxy) is 2. The molecule has 1 aliphatic heterocycles. The first kappa shape index (κ1) is 21.2. The summed E-state index contributed by atoms with van der Waals surface area (Å²) in [6.07, 6.45) is 0.702. The molecule has 1 atom stereocenters. The molecule has 0 saturated carbocycles. The topological polar surface area (TPSA) is 96.9 Å². The molecular formula is C20H30N2O5. The number of carbonyl (C=O) groups excluding carboxylic acids is 2. The molecule has 2 rings (SSSR count). The summed E-state index contributed by atoms with van der Waals surface area (Å²) in [5, 5.41) is 15.3. The number of carbonyl (C=O) groups is 2. The van der Waals surface area contributed by atoms with Crippen LogP contribution in [0.15, 0.2) is 30.3 Å². The molecule has 150 valence electrons. The Bertz CT molecular complexity index is 621. The predicted molar refractivity (Wildman–Crippen MR) is 101 cm³/mol. The quantitative estimate of drug-likeness (QED) is 0.705. The van der Waals surface area contributed by atoms with Gasteiger partial charge in [-0.25, -0.2) is 4.79 Å². The molecular weight excluding hydrogens is 348 g/mol. The van der Waals surface area contributed by atoms with E-state index in [-0.39, 0.29) is 17.9 Å². The molecule has 1 unspecified atom stereocenters. The molecule has 1 aromatic carbocycles. The third kappa shape index (κ3) is 6.52. The van der Waals surface area contributed by atoms with Crippen LogP contribution in [0.4, 0.5) is 4.79 Å². The number of amides is 2. The number of hydrogen-bond acceptors (Lipinski definition) is 5. The zero-order chi connectivity index (χ0) is 19.9. The van der Waals surface area contributed by atoms with Crippen molar-refractivity contribution in [3.05, 3.63) is 35.9 Å². The van der Waals surface area contributed by atoms with Crippen LogP contribution in [0.5, 0.6) is 0 Å². The van der Waals surface area contributed by atoms with Crippen LogP contribution in [-0.4, -0.2) is 49.1 Å². The third-order valence-corrected chi connectivity index (χ3v) is 4.58. The lowest BCUT2D eigenvalue weighted by Crippen LogP contribution is -2.48. The van der Waals surface area contributed by atoms with Crippen LogP contribution in [0.1, 0.15) is 45.2 Å². The van der Waals surface area contributed by atoms with Crippen molar-refractivity contribution in [2.24, 2.45) is 5.41 Å². The second kappa shape index (κ2) is 9.19. The van der Waals surface area contributed by atoms with E-state index in [4.69, 9.17) is 9.47 Å². The largest absolute Gasteiger partial charge is 0.444 e. The van der Waals surface area contributed by atoms with Crippen molar-refractivity contribution in [2.45, 2.75) is 45.3 Å². The summed E-state index contributed by atoms with van der Waals surface area (Å²) < 4.78 is 10.6. The number of benzene rings is 1. The van der Waals surface area contributed by atoms with Crippen molar-refractivity contribution >= 4 is 12.0 Å². The van der Waals surface area contributed by atoms with Crippen molar-refractivity contribution in [3.8, 4) is 0 Å². The summed E-state index contributed by atoms with van der Waals surface area (Å²) in [5.74, 6) is -0.341. The van der Waals surface area contributed by atoms with Crippen LogP contribution in [0.2, 0.25) is 0 Å². The molecule has 1 aromatic rings. The van der Waals surface area contributed by atoms with E-state index in [9.17, 15) is 14.7 Å². The zero-order valence-corrected chi connectivity index (χ0v) is 16.3. The van der Waals surface area contributed by atoms with Gasteiger partial charge in [-0.2, -0.15) is 0 Å². The van der Waals surface area contributed by atoms with Gasteiger partial charge in [-0.3, -0.25) is 4.79 Å².